The molecule has 7 heteroatoms. The first-order valence-corrected chi connectivity index (χ1v) is 9.13. The van der Waals surface area contributed by atoms with Crippen LogP contribution in [0.25, 0.3) is 22.7 Å². The summed E-state index contributed by atoms with van der Waals surface area (Å²) in [6.07, 6.45) is 2.77. The van der Waals surface area contributed by atoms with Gasteiger partial charge in [-0.2, -0.15) is 0 Å². The maximum Gasteiger partial charge on any atom is 0.256 e. The van der Waals surface area contributed by atoms with Crippen molar-refractivity contribution in [2.24, 2.45) is 0 Å². The van der Waals surface area contributed by atoms with E-state index in [2.05, 4.69) is 15.3 Å². The quantitative estimate of drug-likeness (QED) is 0.702. The van der Waals surface area contributed by atoms with Gasteiger partial charge in [-0.15, -0.1) is 0 Å². The van der Waals surface area contributed by atoms with Crippen molar-refractivity contribution in [2.45, 2.75) is 4.90 Å². The van der Waals surface area contributed by atoms with E-state index in [1.165, 1.54) is 12.1 Å². The molecule has 0 aliphatic carbocycles. The number of fused-ring (bicyclic) bond motifs is 2. The third-order valence-electron chi connectivity index (χ3n) is 3.89. The predicted molar refractivity (Wildman–Crippen MR) is 92.1 cm³/mol. The van der Waals surface area contributed by atoms with Crippen LogP contribution in [-0.4, -0.2) is 30.5 Å². The van der Waals surface area contributed by atoms with Crippen LogP contribution in [0.2, 0.25) is 0 Å². The van der Waals surface area contributed by atoms with Crippen LogP contribution in [0.15, 0.2) is 47.4 Å². The fourth-order valence-corrected chi connectivity index (χ4v) is 3.37. The van der Waals surface area contributed by atoms with Gasteiger partial charge in [0, 0.05) is 17.5 Å². The molecule has 0 saturated carbocycles. The van der Waals surface area contributed by atoms with Gasteiger partial charge < -0.3 is 10.3 Å². The van der Waals surface area contributed by atoms with Gasteiger partial charge in [0.25, 0.3) is 5.91 Å². The smallest absolute Gasteiger partial charge is 0.256 e. The second-order valence-corrected chi connectivity index (χ2v) is 7.65. The number of sulfone groups is 1. The first-order valence-electron chi connectivity index (χ1n) is 7.24. The van der Waals surface area contributed by atoms with E-state index in [1.54, 1.807) is 12.1 Å². The number of H-pyrrole nitrogens is 1. The number of aromatic nitrogens is 2. The molecule has 0 fully saturated rings. The summed E-state index contributed by atoms with van der Waals surface area (Å²) in [7, 11) is -3.35. The number of nitrogens with one attached hydrogen (secondary N) is 2. The minimum Gasteiger partial charge on any atom is -0.338 e. The standard InChI is InChI=1S/C17H13N3O3S/c1-24(22,23)10-6-7-13-11(8-10)12(17(21)20-13)9-16-18-14-4-2-3-5-15(14)19-16/h2-9H,1H3,(H,18,19)(H,20,21)/b12-9-. The second kappa shape index (κ2) is 5.04. The molecule has 6 nitrogen and oxygen atoms in total. The molecule has 1 aromatic heterocycles. The number of benzene rings is 2. The highest BCUT2D eigenvalue weighted by molar-refractivity contribution is 7.90. The molecule has 0 atom stereocenters. The summed E-state index contributed by atoms with van der Waals surface area (Å²) in [5.74, 6) is 0.259. The zero-order valence-corrected chi connectivity index (χ0v) is 13.5. The zero-order valence-electron chi connectivity index (χ0n) is 12.7. The summed E-state index contributed by atoms with van der Waals surface area (Å²) in [6, 6.07) is 12.1. The van der Waals surface area contributed by atoms with Crippen molar-refractivity contribution in [3.8, 4) is 0 Å². The van der Waals surface area contributed by atoms with E-state index in [1.807, 2.05) is 24.3 Å². The SMILES string of the molecule is CS(=O)(=O)c1ccc2c(c1)/C(=C/c1nc3ccccc3[nH]1)C(=O)N2. The van der Waals surface area contributed by atoms with Crippen molar-refractivity contribution in [1.82, 2.24) is 9.97 Å². The number of nitrogens with zero attached hydrogens (tertiary/aromatic N) is 1. The van der Waals surface area contributed by atoms with E-state index >= 15 is 0 Å². The van der Waals surface area contributed by atoms with E-state index in [0.29, 0.717) is 22.6 Å². The summed E-state index contributed by atoms with van der Waals surface area (Å²) in [6.45, 7) is 0. The Hall–Kier alpha value is -2.93. The van der Waals surface area contributed by atoms with E-state index in [4.69, 9.17) is 0 Å². The summed E-state index contributed by atoms with van der Waals surface area (Å²) < 4.78 is 23.5. The maximum absolute atomic E-state index is 12.2. The molecule has 0 bridgehead atoms. The van der Waals surface area contributed by atoms with Gasteiger partial charge in [-0.1, -0.05) is 12.1 Å². The van der Waals surface area contributed by atoms with Crippen molar-refractivity contribution in [2.75, 3.05) is 11.6 Å². The third-order valence-corrected chi connectivity index (χ3v) is 5.00. The zero-order chi connectivity index (χ0) is 16.9. The van der Waals surface area contributed by atoms with E-state index in [9.17, 15) is 13.2 Å². The van der Waals surface area contributed by atoms with E-state index in [0.717, 1.165) is 17.3 Å². The molecule has 0 radical (unpaired) electrons. The molecule has 0 spiro atoms. The maximum atomic E-state index is 12.2. The van der Waals surface area contributed by atoms with Crippen molar-refractivity contribution in [3.63, 3.8) is 0 Å². The Kier molecular flexibility index (Phi) is 3.07. The van der Waals surface area contributed by atoms with Crippen LogP contribution < -0.4 is 5.32 Å². The molecular formula is C17H13N3O3S. The Labute approximate surface area is 138 Å². The lowest BCUT2D eigenvalue weighted by molar-refractivity contribution is -0.110. The van der Waals surface area contributed by atoms with Crippen molar-refractivity contribution >= 4 is 44.1 Å². The second-order valence-electron chi connectivity index (χ2n) is 5.63. The van der Waals surface area contributed by atoms with Crippen LogP contribution in [0.4, 0.5) is 5.69 Å². The number of carbonyl (C=O) groups excluding carboxylic acids is 1. The molecule has 1 aliphatic rings. The molecule has 24 heavy (non-hydrogen) atoms. The number of hydrogen-bond acceptors (Lipinski definition) is 4. The van der Waals surface area contributed by atoms with Crippen LogP contribution >= 0.6 is 0 Å². The highest BCUT2D eigenvalue weighted by Gasteiger charge is 2.26. The van der Waals surface area contributed by atoms with Crippen molar-refractivity contribution < 1.29 is 13.2 Å². The first-order chi connectivity index (χ1) is 11.4. The van der Waals surface area contributed by atoms with Crippen molar-refractivity contribution in [3.05, 3.63) is 53.9 Å². The molecule has 0 saturated heterocycles. The lowest BCUT2D eigenvalue weighted by atomic mass is 10.1. The number of para-hydroxylation sites is 2. The lowest BCUT2D eigenvalue weighted by Gasteiger charge is -2.02. The highest BCUT2D eigenvalue weighted by Crippen LogP contribution is 2.34. The molecule has 2 N–H and O–H groups in total. The highest BCUT2D eigenvalue weighted by atomic mass is 32.2. The average Bonchev–Trinajstić information content (AvgIpc) is 3.07. The summed E-state index contributed by atoms with van der Waals surface area (Å²) in [5, 5.41) is 2.74. The number of imidazole rings is 1. The van der Waals surface area contributed by atoms with Gasteiger partial charge >= 0.3 is 0 Å². The number of amides is 1. The van der Waals surface area contributed by atoms with E-state index in [-0.39, 0.29) is 10.8 Å². The molecule has 0 unspecified atom stereocenters. The molecule has 2 aromatic carbocycles. The Morgan fingerprint density at radius 1 is 1.12 bits per heavy atom. The molecule has 3 aromatic rings. The summed E-state index contributed by atoms with van der Waals surface area (Å²) in [4.78, 5) is 20.0. The van der Waals surface area contributed by atoms with Crippen LogP contribution in [0.1, 0.15) is 11.4 Å². The fourth-order valence-electron chi connectivity index (χ4n) is 2.72. The summed E-state index contributed by atoms with van der Waals surface area (Å²) >= 11 is 0. The molecule has 120 valence electrons. The van der Waals surface area contributed by atoms with Gasteiger partial charge in [-0.3, -0.25) is 4.79 Å². The molecule has 1 amide bonds. The largest absolute Gasteiger partial charge is 0.338 e. The minimum absolute atomic E-state index is 0.174. The average molecular weight is 339 g/mol. The van der Waals surface area contributed by atoms with Crippen LogP contribution in [-0.2, 0) is 14.6 Å². The normalized spacial score (nSPS) is 15.7. The van der Waals surface area contributed by atoms with E-state index < -0.39 is 9.84 Å². The predicted octanol–water partition coefficient (Wildman–Crippen LogP) is 2.46. The number of hydrogen-bond donors (Lipinski definition) is 2. The Morgan fingerprint density at radius 2 is 1.92 bits per heavy atom. The van der Waals surface area contributed by atoms with Gasteiger partial charge in [0.05, 0.1) is 21.5 Å². The van der Waals surface area contributed by atoms with Crippen LogP contribution in [0.3, 0.4) is 0 Å². The van der Waals surface area contributed by atoms with Gasteiger partial charge in [0.15, 0.2) is 9.84 Å². The Balaban J connectivity index is 1.86. The molecule has 2 heterocycles. The Morgan fingerprint density at radius 3 is 2.67 bits per heavy atom. The van der Waals surface area contributed by atoms with Gasteiger partial charge in [0.2, 0.25) is 0 Å². The number of carbonyl (C=O) groups is 1. The number of aromatic amines is 1. The van der Waals surface area contributed by atoms with Crippen LogP contribution in [0.5, 0.6) is 0 Å². The van der Waals surface area contributed by atoms with Gasteiger partial charge in [0.1, 0.15) is 5.82 Å². The summed E-state index contributed by atoms with van der Waals surface area (Å²) in [5.41, 5.74) is 3.20. The first kappa shape index (κ1) is 14.6. The lowest BCUT2D eigenvalue weighted by Crippen LogP contribution is -2.03. The van der Waals surface area contributed by atoms with Gasteiger partial charge in [-0.25, -0.2) is 13.4 Å². The monoisotopic (exact) mass is 339 g/mol. The third kappa shape index (κ3) is 2.39. The van der Waals surface area contributed by atoms with Crippen LogP contribution in [0, 0.1) is 0 Å². The molecule has 4 rings (SSSR count). The fraction of sp³-hybridized carbons (Fsp3) is 0.0588. The Bertz CT molecular complexity index is 1090. The minimum atomic E-state index is -3.35. The molecule has 1 aliphatic heterocycles. The topological polar surface area (TPSA) is 91.9 Å². The van der Waals surface area contributed by atoms with Gasteiger partial charge in [-0.05, 0) is 36.4 Å². The number of anilines is 1. The van der Waals surface area contributed by atoms with Crippen molar-refractivity contribution in [1.29, 1.82) is 0 Å². The number of rotatable bonds is 2. The molecular weight excluding hydrogens is 326 g/mol.